The van der Waals surface area contributed by atoms with Gasteiger partial charge in [0, 0.05) is 6.54 Å². The molecule has 2 unspecified atom stereocenters. The zero-order chi connectivity index (χ0) is 8.27. The van der Waals surface area contributed by atoms with Gasteiger partial charge in [0.2, 0.25) is 5.91 Å². The molecule has 2 atom stereocenters. The Balaban J connectivity index is 2.39. The average molecular weight is 156 g/mol. The van der Waals surface area contributed by atoms with Crippen LogP contribution in [0.25, 0.3) is 0 Å². The lowest BCUT2D eigenvalue weighted by Gasteiger charge is -2.13. The van der Waals surface area contributed by atoms with E-state index in [0.29, 0.717) is 5.92 Å². The second-order valence-corrected chi connectivity index (χ2v) is 3.09. The fourth-order valence-electron chi connectivity index (χ4n) is 1.47. The van der Waals surface area contributed by atoms with Crippen molar-refractivity contribution in [2.45, 2.75) is 26.3 Å². The smallest absolute Gasteiger partial charge is 0.237 e. The van der Waals surface area contributed by atoms with Crippen molar-refractivity contribution in [2.24, 2.45) is 5.92 Å². The van der Waals surface area contributed by atoms with Crippen LogP contribution in [0.5, 0.6) is 0 Å². The molecule has 0 aromatic heterocycles. The number of hydrogen-bond acceptors (Lipinski definition) is 2. The molecular formula is C8H16N2O. The number of likely N-dealkylation sites (N-methyl/N-ethyl adjacent to an activating group) is 1. The van der Waals surface area contributed by atoms with Gasteiger partial charge in [-0.25, -0.2) is 0 Å². The van der Waals surface area contributed by atoms with Crippen LogP contribution in [-0.4, -0.2) is 25.0 Å². The number of nitrogens with one attached hydrogen (secondary N) is 2. The summed E-state index contributed by atoms with van der Waals surface area (Å²) in [6, 6.07) is 0.0509. The standard InChI is InChI=1S/C8H16N2O/c1-3-9-8(11)7-6(2)4-5-10-7/h6-7,10H,3-5H2,1-2H3,(H,9,11). The van der Waals surface area contributed by atoms with Crippen LogP contribution < -0.4 is 10.6 Å². The van der Waals surface area contributed by atoms with E-state index in [2.05, 4.69) is 17.6 Å². The molecule has 1 fully saturated rings. The van der Waals surface area contributed by atoms with Crippen molar-refractivity contribution < 1.29 is 4.79 Å². The number of amides is 1. The maximum absolute atomic E-state index is 11.3. The predicted molar refractivity (Wildman–Crippen MR) is 44.3 cm³/mol. The minimum absolute atomic E-state index is 0.0509. The second kappa shape index (κ2) is 3.72. The minimum Gasteiger partial charge on any atom is -0.355 e. The van der Waals surface area contributed by atoms with Crippen molar-refractivity contribution in [3.8, 4) is 0 Å². The van der Waals surface area contributed by atoms with Crippen molar-refractivity contribution in [3.05, 3.63) is 0 Å². The summed E-state index contributed by atoms with van der Waals surface area (Å²) in [4.78, 5) is 11.3. The van der Waals surface area contributed by atoms with Crippen LogP contribution >= 0.6 is 0 Å². The molecule has 0 aromatic rings. The SMILES string of the molecule is CCNC(=O)C1NCCC1C. The largest absolute Gasteiger partial charge is 0.355 e. The zero-order valence-electron chi connectivity index (χ0n) is 7.18. The quantitative estimate of drug-likeness (QED) is 0.596. The molecule has 1 heterocycles. The molecule has 0 radical (unpaired) electrons. The molecule has 1 amide bonds. The molecule has 0 bridgehead atoms. The van der Waals surface area contributed by atoms with Gasteiger partial charge in [0.05, 0.1) is 6.04 Å². The highest BCUT2D eigenvalue weighted by atomic mass is 16.2. The van der Waals surface area contributed by atoms with E-state index in [4.69, 9.17) is 0 Å². The van der Waals surface area contributed by atoms with Crippen molar-refractivity contribution >= 4 is 5.91 Å². The molecule has 0 aliphatic carbocycles. The lowest BCUT2D eigenvalue weighted by atomic mass is 10.0. The molecule has 0 spiro atoms. The van der Waals surface area contributed by atoms with E-state index in [1.54, 1.807) is 0 Å². The monoisotopic (exact) mass is 156 g/mol. The van der Waals surface area contributed by atoms with Crippen LogP contribution in [0.3, 0.4) is 0 Å². The molecule has 3 heteroatoms. The Labute approximate surface area is 67.5 Å². The highest BCUT2D eigenvalue weighted by molar-refractivity contribution is 5.82. The van der Waals surface area contributed by atoms with Crippen LogP contribution in [0.2, 0.25) is 0 Å². The number of carbonyl (C=O) groups excluding carboxylic acids is 1. The highest BCUT2D eigenvalue weighted by Crippen LogP contribution is 2.13. The van der Waals surface area contributed by atoms with Gasteiger partial charge in [-0.1, -0.05) is 6.92 Å². The third-order valence-electron chi connectivity index (χ3n) is 2.17. The van der Waals surface area contributed by atoms with Gasteiger partial charge in [0.25, 0.3) is 0 Å². The molecule has 0 saturated carbocycles. The number of hydrogen-bond donors (Lipinski definition) is 2. The zero-order valence-corrected chi connectivity index (χ0v) is 7.18. The third-order valence-corrected chi connectivity index (χ3v) is 2.17. The van der Waals surface area contributed by atoms with E-state index in [0.717, 1.165) is 19.5 Å². The van der Waals surface area contributed by atoms with Crippen LogP contribution in [0.4, 0.5) is 0 Å². The van der Waals surface area contributed by atoms with E-state index >= 15 is 0 Å². The molecule has 1 aliphatic rings. The van der Waals surface area contributed by atoms with E-state index in [1.807, 2.05) is 6.92 Å². The summed E-state index contributed by atoms with van der Waals surface area (Å²) in [5.74, 6) is 0.638. The first-order chi connectivity index (χ1) is 5.25. The summed E-state index contributed by atoms with van der Waals surface area (Å²) < 4.78 is 0. The third kappa shape index (κ3) is 1.93. The van der Waals surface area contributed by atoms with Gasteiger partial charge in [-0.15, -0.1) is 0 Å². The maximum atomic E-state index is 11.3. The van der Waals surface area contributed by atoms with E-state index in [-0.39, 0.29) is 11.9 Å². The van der Waals surface area contributed by atoms with Crippen LogP contribution in [0.1, 0.15) is 20.3 Å². The van der Waals surface area contributed by atoms with Gasteiger partial charge in [-0.05, 0) is 25.8 Å². The number of carbonyl (C=O) groups is 1. The molecule has 1 saturated heterocycles. The summed E-state index contributed by atoms with van der Waals surface area (Å²) in [5, 5.41) is 6.00. The Bertz CT molecular complexity index is 147. The fraction of sp³-hybridized carbons (Fsp3) is 0.875. The maximum Gasteiger partial charge on any atom is 0.237 e. The molecule has 0 aromatic carbocycles. The molecule has 1 rings (SSSR count). The van der Waals surface area contributed by atoms with Gasteiger partial charge in [0.1, 0.15) is 0 Å². The summed E-state index contributed by atoms with van der Waals surface area (Å²) in [6.07, 6.45) is 1.11. The first-order valence-corrected chi connectivity index (χ1v) is 4.26. The van der Waals surface area contributed by atoms with Gasteiger partial charge in [-0.2, -0.15) is 0 Å². The van der Waals surface area contributed by atoms with Crippen molar-refractivity contribution in [2.75, 3.05) is 13.1 Å². The second-order valence-electron chi connectivity index (χ2n) is 3.09. The predicted octanol–water partition coefficient (Wildman–Crippen LogP) is 0.120. The Hall–Kier alpha value is -0.570. The molecule has 64 valence electrons. The first-order valence-electron chi connectivity index (χ1n) is 4.26. The summed E-state index contributed by atoms with van der Waals surface area (Å²) in [6.45, 7) is 5.75. The molecule has 1 aliphatic heterocycles. The topological polar surface area (TPSA) is 41.1 Å². The van der Waals surface area contributed by atoms with Gasteiger partial charge in [0.15, 0.2) is 0 Å². The molecule has 11 heavy (non-hydrogen) atoms. The highest BCUT2D eigenvalue weighted by Gasteiger charge is 2.28. The lowest BCUT2D eigenvalue weighted by Crippen LogP contribution is -2.43. The Kier molecular flexibility index (Phi) is 2.88. The van der Waals surface area contributed by atoms with Gasteiger partial charge in [-0.3, -0.25) is 4.79 Å². The fourth-order valence-corrected chi connectivity index (χ4v) is 1.47. The van der Waals surface area contributed by atoms with E-state index in [1.165, 1.54) is 0 Å². The van der Waals surface area contributed by atoms with Crippen LogP contribution in [-0.2, 0) is 4.79 Å². The summed E-state index contributed by atoms with van der Waals surface area (Å²) >= 11 is 0. The molecular weight excluding hydrogens is 140 g/mol. The average Bonchev–Trinajstić information content (AvgIpc) is 2.36. The van der Waals surface area contributed by atoms with E-state index in [9.17, 15) is 4.79 Å². The van der Waals surface area contributed by atoms with E-state index < -0.39 is 0 Å². The number of rotatable bonds is 2. The van der Waals surface area contributed by atoms with Gasteiger partial charge < -0.3 is 10.6 Å². The molecule has 3 nitrogen and oxygen atoms in total. The van der Waals surface area contributed by atoms with Crippen molar-refractivity contribution in [1.82, 2.24) is 10.6 Å². The van der Waals surface area contributed by atoms with Crippen molar-refractivity contribution in [3.63, 3.8) is 0 Å². The van der Waals surface area contributed by atoms with Crippen LogP contribution in [0, 0.1) is 5.92 Å². The van der Waals surface area contributed by atoms with Crippen molar-refractivity contribution in [1.29, 1.82) is 0 Å². The summed E-state index contributed by atoms with van der Waals surface area (Å²) in [7, 11) is 0. The van der Waals surface area contributed by atoms with Crippen LogP contribution in [0.15, 0.2) is 0 Å². The first kappa shape index (κ1) is 8.53. The lowest BCUT2D eigenvalue weighted by molar-refractivity contribution is -0.123. The Morgan fingerprint density at radius 1 is 1.73 bits per heavy atom. The normalized spacial score (nSPS) is 30.4. The van der Waals surface area contributed by atoms with Gasteiger partial charge >= 0.3 is 0 Å². The summed E-state index contributed by atoms with van der Waals surface area (Å²) in [5.41, 5.74) is 0. The Morgan fingerprint density at radius 2 is 2.45 bits per heavy atom. The molecule has 2 N–H and O–H groups in total. The Morgan fingerprint density at radius 3 is 2.91 bits per heavy atom. The minimum atomic E-state index is 0.0509.